The molecule has 0 saturated carbocycles. The number of H-pyrrole nitrogens is 1. The molecule has 0 radical (unpaired) electrons. The van der Waals surface area contributed by atoms with E-state index in [0.29, 0.717) is 17.8 Å². The summed E-state index contributed by atoms with van der Waals surface area (Å²) < 4.78 is 0. The molecule has 1 amide bonds. The second kappa shape index (κ2) is 6.63. The molecule has 0 aliphatic heterocycles. The van der Waals surface area contributed by atoms with Gasteiger partial charge in [0, 0.05) is 30.9 Å². The van der Waals surface area contributed by atoms with Gasteiger partial charge < -0.3 is 16.0 Å². The number of imidazole rings is 1. The molecule has 106 valence electrons. The molecule has 2 rings (SSSR count). The number of aromatic amines is 1. The molecule has 1 aromatic heterocycles. The van der Waals surface area contributed by atoms with Crippen LogP contribution in [0.5, 0.6) is 0 Å². The Balaban J connectivity index is 1.86. The summed E-state index contributed by atoms with van der Waals surface area (Å²) in [5.41, 5.74) is 6.36. The number of amides is 1. The molecule has 0 aliphatic carbocycles. The fourth-order valence-electron chi connectivity index (χ4n) is 1.74. The number of halogens is 2. The van der Waals surface area contributed by atoms with Gasteiger partial charge in [-0.05, 0) is 18.6 Å². The molecular weight excluding hydrogens is 299 g/mol. The van der Waals surface area contributed by atoms with Gasteiger partial charge in [-0.25, -0.2) is 4.98 Å². The summed E-state index contributed by atoms with van der Waals surface area (Å²) in [6, 6.07) is 3.01. The maximum Gasteiger partial charge on any atom is 0.251 e. The lowest BCUT2D eigenvalue weighted by atomic mass is 10.2. The van der Waals surface area contributed by atoms with Gasteiger partial charge in [-0.2, -0.15) is 0 Å². The van der Waals surface area contributed by atoms with Crippen LogP contribution in [0.2, 0.25) is 10.0 Å². The van der Waals surface area contributed by atoms with E-state index < -0.39 is 0 Å². The lowest BCUT2D eigenvalue weighted by Crippen LogP contribution is -2.25. The molecule has 0 fully saturated rings. The molecule has 5 nitrogen and oxygen atoms in total. The zero-order valence-corrected chi connectivity index (χ0v) is 12.1. The molecule has 4 N–H and O–H groups in total. The predicted octanol–water partition coefficient (Wildman–Crippen LogP) is 2.66. The number of nitrogens with zero attached hydrogens (tertiary/aromatic N) is 1. The van der Waals surface area contributed by atoms with Crippen LogP contribution in [0.1, 0.15) is 22.6 Å². The Morgan fingerprint density at radius 1 is 1.40 bits per heavy atom. The monoisotopic (exact) mass is 312 g/mol. The van der Waals surface area contributed by atoms with E-state index in [1.54, 1.807) is 12.4 Å². The number of anilines is 1. The van der Waals surface area contributed by atoms with Crippen molar-refractivity contribution < 1.29 is 4.79 Å². The lowest BCUT2D eigenvalue weighted by molar-refractivity contribution is 0.0953. The van der Waals surface area contributed by atoms with Gasteiger partial charge in [-0.3, -0.25) is 4.79 Å². The Hall–Kier alpha value is -1.72. The summed E-state index contributed by atoms with van der Waals surface area (Å²) >= 11 is 11.7. The van der Waals surface area contributed by atoms with E-state index in [1.807, 2.05) is 0 Å². The summed E-state index contributed by atoms with van der Waals surface area (Å²) in [4.78, 5) is 19.0. The van der Waals surface area contributed by atoms with E-state index in [-0.39, 0.29) is 16.0 Å². The third-order valence-electron chi connectivity index (χ3n) is 2.75. The minimum atomic E-state index is -0.227. The minimum Gasteiger partial charge on any atom is -0.397 e. The highest BCUT2D eigenvalue weighted by molar-refractivity contribution is 6.43. The van der Waals surface area contributed by atoms with Crippen molar-refractivity contribution in [2.75, 3.05) is 12.3 Å². The number of aryl methyl sites for hydroxylation is 1. The Bertz CT molecular complexity index is 575. The molecule has 1 heterocycles. The van der Waals surface area contributed by atoms with Crippen molar-refractivity contribution in [2.24, 2.45) is 0 Å². The summed E-state index contributed by atoms with van der Waals surface area (Å²) in [5, 5.41) is 3.33. The number of nitrogens with one attached hydrogen (secondary N) is 2. The number of hydrogen-bond donors (Lipinski definition) is 3. The Kier molecular flexibility index (Phi) is 4.87. The van der Waals surface area contributed by atoms with Crippen LogP contribution >= 0.6 is 23.2 Å². The number of aromatic nitrogens is 2. The molecule has 1 aromatic carbocycles. The first-order valence-corrected chi connectivity index (χ1v) is 6.84. The van der Waals surface area contributed by atoms with Gasteiger partial charge in [-0.15, -0.1) is 0 Å². The molecule has 2 aromatic rings. The van der Waals surface area contributed by atoms with Gasteiger partial charge in [0.05, 0.1) is 15.7 Å². The zero-order chi connectivity index (χ0) is 14.5. The van der Waals surface area contributed by atoms with Gasteiger partial charge in [0.1, 0.15) is 5.82 Å². The fraction of sp³-hybridized carbons (Fsp3) is 0.231. The van der Waals surface area contributed by atoms with E-state index in [1.165, 1.54) is 12.1 Å². The average Bonchev–Trinajstić information content (AvgIpc) is 2.93. The topological polar surface area (TPSA) is 83.8 Å². The molecular formula is C13H14Cl2N4O. The highest BCUT2D eigenvalue weighted by Crippen LogP contribution is 2.29. The Labute approximate surface area is 126 Å². The number of nitrogen functional groups attached to an aromatic ring is 1. The van der Waals surface area contributed by atoms with Crippen molar-refractivity contribution in [1.29, 1.82) is 0 Å². The maximum absolute atomic E-state index is 11.9. The van der Waals surface area contributed by atoms with E-state index in [4.69, 9.17) is 28.9 Å². The summed E-state index contributed by atoms with van der Waals surface area (Å²) in [6.45, 7) is 0.541. The number of hydrogen-bond acceptors (Lipinski definition) is 3. The largest absolute Gasteiger partial charge is 0.397 e. The van der Waals surface area contributed by atoms with Gasteiger partial charge in [0.2, 0.25) is 0 Å². The smallest absolute Gasteiger partial charge is 0.251 e. The van der Waals surface area contributed by atoms with Crippen molar-refractivity contribution in [1.82, 2.24) is 15.3 Å². The molecule has 0 atom stereocenters. The van der Waals surface area contributed by atoms with Crippen LogP contribution < -0.4 is 11.1 Å². The first-order chi connectivity index (χ1) is 9.58. The number of carbonyl (C=O) groups excluding carboxylic acids is 1. The number of benzene rings is 1. The van der Waals surface area contributed by atoms with Crippen LogP contribution in [-0.2, 0) is 6.42 Å². The molecule has 0 saturated heterocycles. The summed E-state index contributed by atoms with van der Waals surface area (Å²) in [5.74, 6) is 0.674. The van der Waals surface area contributed by atoms with Gasteiger partial charge in [0.15, 0.2) is 0 Å². The van der Waals surface area contributed by atoms with Crippen LogP contribution in [0.3, 0.4) is 0 Å². The maximum atomic E-state index is 11.9. The van der Waals surface area contributed by atoms with Crippen LogP contribution in [0.25, 0.3) is 0 Å². The van der Waals surface area contributed by atoms with E-state index in [0.717, 1.165) is 18.7 Å². The van der Waals surface area contributed by atoms with Crippen molar-refractivity contribution in [3.63, 3.8) is 0 Å². The standard InChI is InChI=1S/C13H14Cl2N4O/c14-9-6-8(7-10(16)12(9)15)13(20)19-3-1-2-11-17-4-5-18-11/h4-7H,1-3,16H2,(H,17,18)(H,19,20). The number of nitrogens with two attached hydrogens (primary N) is 1. The molecule has 0 aliphatic rings. The second-order valence-electron chi connectivity index (χ2n) is 4.26. The predicted molar refractivity (Wildman–Crippen MR) is 80.1 cm³/mol. The van der Waals surface area contributed by atoms with Crippen LogP contribution in [-0.4, -0.2) is 22.4 Å². The fourth-order valence-corrected chi connectivity index (χ4v) is 2.07. The quantitative estimate of drug-likeness (QED) is 0.586. The zero-order valence-electron chi connectivity index (χ0n) is 10.6. The van der Waals surface area contributed by atoms with Crippen molar-refractivity contribution in [2.45, 2.75) is 12.8 Å². The third-order valence-corrected chi connectivity index (χ3v) is 3.57. The molecule has 7 heteroatoms. The van der Waals surface area contributed by atoms with E-state index in [2.05, 4.69) is 15.3 Å². The van der Waals surface area contributed by atoms with Crippen molar-refractivity contribution >= 4 is 34.8 Å². The minimum absolute atomic E-state index is 0.227. The number of rotatable bonds is 5. The van der Waals surface area contributed by atoms with Gasteiger partial charge in [0.25, 0.3) is 5.91 Å². The third kappa shape index (κ3) is 3.65. The van der Waals surface area contributed by atoms with Crippen LogP contribution in [0.4, 0.5) is 5.69 Å². The molecule has 20 heavy (non-hydrogen) atoms. The molecule has 0 bridgehead atoms. The van der Waals surface area contributed by atoms with Crippen LogP contribution in [0, 0.1) is 0 Å². The average molecular weight is 313 g/mol. The first-order valence-electron chi connectivity index (χ1n) is 6.09. The number of carbonyl (C=O) groups is 1. The molecule has 0 spiro atoms. The van der Waals surface area contributed by atoms with Gasteiger partial charge in [-0.1, -0.05) is 23.2 Å². The van der Waals surface area contributed by atoms with Gasteiger partial charge >= 0.3 is 0 Å². The summed E-state index contributed by atoms with van der Waals surface area (Å²) in [6.07, 6.45) is 5.03. The van der Waals surface area contributed by atoms with E-state index >= 15 is 0 Å². The lowest BCUT2D eigenvalue weighted by Gasteiger charge is -2.07. The molecule has 0 unspecified atom stereocenters. The first kappa shape index (κ1) is 14.7. The Morgan fingerprint density at radius 2 is 2.20 bits per heavy atom. The van der Waals surface area contributed by atoms with Crippen LogP contribution in [0.15, 0.2) is 24.5 Å². The van der Waals surface area contributed by atoms with E-state index in [9.17, 15) is 4.79 Å². The van der Waals surface area contributed by atoms with Crippen molar-refractivity contribution in [3.05, 3.63) is 46.0 Å². The highest BCUT2D eigenvalue weighted by atomic mass is 35.5. The van der Waals surface area contributed by atoms with Crippen molar-refractivity contribution in [3.8, 4) is 0 Å². The SMILES string of the molecule is Nc1cc(C(=O)NCCCc2ncc[nH]2)cc(Cl)c1Cl. The second-order valence-corrected chi connectivity index (χ2v) is 5.04. The normalized spacial score (nSPS) is 10.5. The Morgan fingerprint density at radius 3 is 2.85 bits per heavy atom. The highest BCUT2D eigenvalue weighted by Gasteiger charge is 2.10. The summed E-state index contributed by atoms with van der Waals surface area (Å²) in [7, 11) is 0.